The van der Waals surface area contributed by atoms with Crippen LogP contribution in [0.5, 0.6) is 5.75 Å². The predicted octanol–water partition coefficient (Wildman–Crippen LogP) is 4.52. The number of nitrogen functional groups attached to an aromatic ring is 2. The van der Waals surface area contributed by atoms with Gasteiger partial charge in [-0.25, -0.2) is 0 Å². The van der Waals surface area contributed by atoms with E-state index in [4.69, 9.17) is 16.2 Å². The molecular weight excluding hydrogens is 284 g/mol. The van der Waals surface area contributed by atoms with E-state index in [-0.39, 0.29) is 6.10 Å². The highest BCUT2D eigenvalue weighted by Crippen LogP contribution is 2.35. The Morgan fingerprint density at radius 2 is 1.52 bits per heavy atom. The average Bonchev–Trinajstić information content (AvgIpc) is 2.55. The van der Waals surface area contributed by atoms with Crippen molar-refractivity contribution in [3.05, 3.63) is 53.6 Å². The van der Waals surface area contributed by atoms with Gasteiger partial charge in [0.2, 0.25) is 0 Å². The molecular formula is C20H26N2O. The average molecular weight is 310 g/mol. The number of ether oxygens (including phenoxy) is 1. The number of anilines is 2. The van der Waals surface area contributed by atoms with E-state index in [9.17, 15) is 0 Å². The molecule has 0 spiro atoms. The van der Waals surface area contributed by atoms with Crippen LogP contribution in [0.1, 0.15) is 49.7 Å². The fourth-order valence-electron chi connectivity index (χ4n) is 3.45. The minimum atomic E-state index is 0.266. The minimum Gasteiger partial charge on any atom is -0.490 e. The van der Waals surface area contributed by atoms with Gasteiger partial charge in [0.1, 0.15) is 5.75 Å². The largest absolute Gasteiger partial charge is 0.490 e. The summed E-state index contributed by atoms with van der Waals surface area (Å²) in [5.74, 6) is 1.45. The molecule has 0 saturated heterocycles. The van der Waals surface area contributed by atoms with Gasteiger partial charge in [-0.15, -0.1) is 0 Å². The highest BCUT2D eigenvalue weighted by Gasteiger charge is 2.23. The van der Waals surface area contributed by atoms with E-state index in [0.717, 1.165) is 25.0 Å². The second kappa shape index (κ2) is 6.95. The second-order valence-electron chi connectivity index (χ2n) is 6.52. The number of hydrogen-bond donors (Lipinski definition) is 2. The molecule has 4 N–H and O–H groups in total. The van der Waals surface area contributed by atoms with Crippen molar-refractivity contribution in [2.45, 2.75) is 51.0 Å². The highest BCUT2D eigenvalue weighted by atomic mass is 16.5. The quantitative estimate of drug-likeness (QED) is 0.816. The van der Waals surface area contributed by atoms with Crippen molar-refractivity contribution in [3.8, 4) is 5.75 Å². The van der Waals surface area contributed by atoms with Gasteiger partial charge in [-0.05, 0) is 55.2 Å². The minimum absolute atomic E-state index is 0.266. The molecule has 1 saturated carbocycles. The van der Waals surface area contributed by atoms with E-state index >= 15 is 0 Å². The Labute approximate surface area is 138 Å². The summed E-state index contributed by atoms with van der Waals surface area (Å²) < 4.78 is 6.08. The molecule has 3 heteroatoms. The summed E-state index contributed by atoms with van der Waals surface area (Å²) in [6.45, 7) is 2.20. The summed E-state index contributed by atoms with van der Waals surface area (Å²) in [4.78, 5) is 0. The first-order valence-electron chi connectivity index (χ1n) is 8.55. The smallest absolute Gasteiger partial charge is 0.123 e. The molecule has 1 aliphatic carbocycles. The molecule has 0 aromatic heterocycles. The number of aryl methyl sites for hydroxylation is 1. The zero-order valence-electron chi connectivity index (χ0n) is 13.8. The monoisotopic (exact) mass is 310 g/mol. The van der Waals surface area contributed by atoms with Crippen molar-refractivity contribution in [3.63, 3.8) is 0 Å². The molecule has 0 aliphatic heterocycles. The molecule has 3 nitrogen and oxygen atoms in total. The van der Waals surface area contributed by atoms with Crippen molar-refractivity contribution >= 4 is 11.4 Å². The molecule has 0 atom stereocenters. The lowest BCUT2D eigenvalue weighted by atomic mass is 9.82. The lowest BCUT2D eigenvalue weighted by molar-refractivity contribution is 0.146. The summed E-state index contributed by atoms with van der Waals surface area (Å²) in [5, 5.41) is 0. The van der Waals surface area contributed by atoms with E-state index in [1.807, 2.05) is 12.1 Å². The topological polar surface area (TPSA) is 61.3 Å². The van der Waals surface area contributed by atoms with E-state index in [1.165, 1.54) is 24.0 Å². The van der Waals surface area contributed by atoms with Crippen LogP contribution in [0.25, 0.3) is 0 Å². The first-order valence-corrected chi connectivity index (χ1v) is 8.55. The highest BCUT2D eigenvalue weighted by molar-refractivity contribution is 5.56. The van der Waals surface area contributed by atoms with Crippen molar-refractivity contribution in [2.75, 3.05) is 11.5 Å². The third-order valence-electron chi connectivity index (χ3n) is 4.79. The molecule has 0 amide bonds. The van der Waals surface area contributed by atoms with E-state index in [1.54, 1.807) is 6.07 Å². The van der Waals surface area contributed by atoms with E-state index in [0.29, 0.717) is 17.3 Å². The molecule has 2 aromatic rings. The van der Waals surface area contributed by atoms with Gasteiger partial charge in [0, 0.05) is 23.5 Å². The van der Waals surface area contributed by atoms with E-state index in [2.05, 4.69) is 31.2 Å². The van der Waals surface area contributed by atoms with Crippen LogP contribution in [-0.4, -0.2) is 6.10 Å². The van der Waals surface area contributed by atoms with Gasteiger partial charge in [-0.2, -0.15) is 0 Å². The molecule has 0 bridgehead atoms. The first kappa shape index (κ1) is 15.7. The summed E-state index contributed by atoms with van der Waals surface area (Å²) in [7, 11) is 0. The van der Waals surface area contributed by atoms with Crippen molar-refractivity contribution < 1.29 is 4.74 Å². The normalized spacial score (nSPS) is 21.1. The van der Waals surface area contributed by atoms with Gasteiger partial charge in [0.15, 0.2) is 0 Å². The fraction of sp³-hybridized carbons (Fsp3) is 0.400. The molecule has 0 unspecified atom stereocenters. The van der Waals surface area contributed by atoms with Crippen LogP contribution in [0, 0.1) is 0 Å². The molecule has 122 valence electrons. The Morgan fingerprint density at radius 3 is 2.09 bits per heavy atom. The Morgan fingerprint density at radius 1 is 0.913 bits per heavy atom. The zero-order chi connectivity index (χ0) is 16.2. The van der Waals surface area contributed by atoms with Gasteiger partial charge >= 0.3 is 0 Å². The molecule has 1 fully saturated rings. The number of rotatable bonds is 4. The third kappa shape index (κ3) is 3.98. The molecule has 1 aliphatic rings. The van der Waals surface area contributed by atoms with Crippen molar-refractivity contribution in [1.29, 1.82) is 0 Å². The summed E-state index contributed by atoms with van der Waals surface area (Å²) >= 11 is 0. The van der Waals surface area contributed by atoms with Crippen molar-refractivity contribution in [1.82, 2.24) is 0 Å². The number of nitrogens with two attached hydrogens (primary N) is 2. The molecule has 0 heterocycles. The Hall–Kier alpha value is -2.16. The maximum absolute atomic E-state index is 6.08. The Kier molecular flexibility index (Phi) is 4.75. The third-order valence-corrected chi connectivity index (χ3v) is 4.79. The standard InChI is InChI=1S/C20H26N2O/c1-2-14-3-5-15(6-4-14)16-7-9-19(10-8-16)23-20-12-17(21)11-18(22)13-20/h3-6,11-13,16,19H,2,7-10,21-22H2,1H3. The summed E-state index contributed by atoms with van der Waals surface area (Å²) in [6, 6.07) is 14.6. The Balaban J connectivity index is 1.57. The number of benzene rings is 2. The van der Waals surface area contributed by atoms with Crippen LogP contribution in [0.2, 0.25) is 0 Å². The van der Waals surface area contributed by atoms with Gasteiger partial charge < -0.3 is 16.2 Å². The second-order valence-corrected chi connectivity index (χ2v) is 6.52. The van der Waals surface area contributed by atoms with Crippen LogP contribution >= 0.6 is 0 Å². The van der Waals surface area contributed by atoms with Gasteiger partial charge in [0.25, 0.3) is 0 Å². The first-order chi connectivity index (χ1) is 11.1. The summed E-state index contributed by atoms with van der Waals surface area (Å²) in [6.07, 6.45) is 5.87. The van der Waals surface area contributed by atoms with Gasteiger partial charge in [0.05, 0.1) is 6.10 Å². The van der Waals surface area contributed by atoms with E-state index < -0.39 is 0 Å². The number of hydrogen-bond acceptors (Lipinski definition) is 3. The maximum Gasteiger partial charge on any atom is 0.123 e. The fourth-order valence-corrected chi connectivity index (χ4v) is 3.45. The van der Waals surface area contributed by atoms with Crippen LogP contribution in [0.15, 0.2) is 42.5 Å². The van der Waals surface area contributed by atoms with Gasteiger partial charge in [-0.1, -0.05) is 31.2 Å². The van der Waals surface area contributed by atoms with Crippen LogP contribution < -0.4 is 16.2 Å². The molecule has 2 aromatic carbocycles. The zero-order valence-corrected chi connectivity index (χ0v) is 13.8. The lowest BCUT2D eigenvalue weighted by Crippen LogP contribution is -2.23. The molecule has 0 radical (unpaired) electrons. The maximum atomic E-state index is 6.08. The molecule has 23 heavy (non-hydrogen) atoms. The Bertz CT molecular complexity index is 623. The van der Waals surface area contributed by atoms with Crippen LogP contribution in [0.4, 0.5) is 11.4 Å². The van der Waals surface area contributed by atoms with Crippen molar-refractivity contribution in [2.24, 2.45) is 0 Å². The van der Waals surface area contributed by atoms with Crippen LogP contribution in [0.3, 0.4) is 0 Å². The summed E-state index contributed by atoms with van der Waals surface area (Å²) in [5.41, 5.74) is 15.8. The molecule has 3 rings (SSSR count). The SMILES string of the molecule is CCc1ccc(C2CCC(Oc3cc(N)cc(N)c3)CC2)cc1. The van der Waals surface area contributed by atoms with Gasteiger partial charge in [-0.3, -0.25) is 0 Å². The lowest BCUT2D eigenvalue weighted by Gasteiger charge is -2.29. The van der Waals surface area contributed by atoms with Crippen LogP contribution in [-0.2, 0) is 6.42 Å². The predicted molar refractivity (Wildman–Crippen MR) is 96.7 cm³/mol.